The molecule has 21 heavy (non-hydrogen) atoms. The van der Waals surface area contributed by atoms with Crippen molar-refractivity contribution in [3.63, 3.8) is 0 Å². The van der Waals surface area contributed by atoms with E-state index in [2.05, 4.69) is 50.4 Å². The fourth-order valence-corrected chi connectivity index (χ4v) is 2.00. The Labute approximate surface area is 130 Å². The van der Waals surface area contributed by atoms with E-state index in [9.17, 15) is 0 Å². The number of rotatable bonds is 12. The lowest BCUT2D eigenvalue weighted by Crippen LogP contribution is -2.20. The number of aryl methyl sites for hydroxylation is 1. The van der Waals surface area contributed by atoms with Gasteiger partial charge in [0.25, 0.3) is 0 Å². The molecular formula is C18H31NO2. The van der Waals surface area contributed by atoms with Crippen LogP contribution in [0.5, 0.6) is 0 Å². The molecule has 0 heterocycles. The molecule has 0 atom stereocenters. The molecule has 0 saturated heterocycles. The van der Waals surface area contributed by atoms with Gasteiger partial charge < -0.3 is 14.8 Å². The van der Waals surface area contributed by atoms with Crippen LogP contribution in [0.3, 0.4) is 0 Å². The number of hydrogen-bond acceptors (Lipinski definition) is 3. The van der Waals surface area contributed by atoms with Crippen LogP contribution >= 0.6 is 0 Å². The van der Waals surface area contributed by atoms with Crippen LogP contribution in [0.15, 0.2) is 24.3 Å². The summed E-state index contributed by atoms with van der Waals surface area (Å²) < 4.78 is 11.1. The van der Waals surface area contributed by atoms with E-state index < -0.39 is 0 Å². The Morgan fingerprint density at radius 2 is 1.62 bits per heavy atom. The van der Waals surface area contributed by atoms with Gasteiger partial charge in [-0.2, -0.15) is 0 Å². The molecule has 1 aromatic carbocycles. The molecule has 0 fully saturated rings. The molecule has 0 aromatic heterocycles. The molecule has 1 aromatic rings. The number of hydrogen-bond donors (Lipinski definition) is 1. The summed E-state index contributed by atoms with van der Waals surface area (Å²) in [4.78, 5) is 0. The third kappa shape index (κ3) is 10.5. The Bertz CT molecular complexity index is 349. The van der Waals surface area contributed by atoms with Crippen molar-refractivity contribution in [2.24, 2.45) is 5.92 Å². The zero-order chi connectivity index (χ0) is 15.3. The zero-order valence-corrected chi connectivity index (χ0v) is 13.9. The number of nitrogens with one attached hydrogen (secondary N) is 1. The average Bonchev–Trinajstić information content (AvgIpc) is 2.46. The van der Waals surface area contributed by atoms with Gasteiger partial charge >= 0.3 is 0 Å². The molecule has 3 nitrogen and oxygen atoms in total. The fourth-order valence-electron chi connectivity index (χ4n) is 2.00. The van der Waals surface area contributed by atoms with Crippen LogP contribution in [0.25, 0.3) is 0 Å². The molecule has 0 bridgehead atoms. The van der Waals surface area contributed by atoms with Gasteiger partial charge in [-0.15, -0.1) is 0 Å². The van der Waals surface area contributed by atoms with Gasteiger partial charge in [0.2, 0.25) is 0 Å². The van der Waals surface area contributed by atoms with Crippen molar-refractivity contribution < 1.29 is 9.47 Å². The average molecular weight is 293 g/mol. The van der Waals surface area contributed by atoms with E-state index in [1.807, 2.05) is 0 Å². The predicted octanol–water partition coefficient (Wildman–Crippen LogP) is 3.55. The number of benzene rings is 1. The summed E-state index contributed by atoms with van der Waals surface area (Å²) >= 11 is 0. The summed E-state index contributed by atoms with van der Waals surface area (Å²) in [5, 5.41) is 3.38. The first kappa shape index (κ1) is 18.1. The third-order valence-electron chi connectivity index (χ3n) is 3.32. The largest absolute Gasteiger partial charge is 0.379 e. The van der Waals surface area contributed by atoms with E-state index >= 15 is 0 Å². The van der Waals surface area contributed by atoms with Gasteiger partial charge in [0, 0.05) is 19.7 Å². The van der Waals surface area contributed by atoms with Gasteiger partial charge in [-0.1, -0.05) is 43.7 Å². The lowest BCUT2D eigenvalue weighted by atomic mass is 10.1. The van der Waals surface area contributed by atoms with Crippen molar-refractivity contribution in [2.45, 2.75) is 40.2 Å². The molecule has 3 heteroatoms. The van der Waals surface area contributed by atoms with Crippen molar-refractivity contribution in [2.75, 3.05) is 33.0 Å². The first-order valence-corrected chi connectivity index (χ1v) is 8.10. The second-order valence-corrected chi connectivity index (χ2v) is 5.92. The van der Waals surface area contributed by atoms with Crippen LogP contribution in [0.1, 0.15) is 37.8 Å². The maximum Gasteiger partial charge on any atom is 0.0701 e. The van der Waals surface area contributed by atoms with Gasteiger partial charge in [0.1, 0.15) is 0 Å². The minimum Gasteiger partial charge on any atom is -0.379 e. The Balaban J connectivity index is 1.83. The smallest absolute Gasteiger partial charge is 0.0701 e. The van der Waals surface area contributed by atoms with Crippen LogP contribution < -0.4 is 5.32 Å². The topological polar surface area (TPSA) is 30.5 Å². The van der Waals surface area contributed by atoms with E-state index in [4.69, 9.17) is 9.47 Å². The first-order valence-electron chi connectivity index (χ1n) is 8.10. The first-order chi connectivity index (χ1) is 10.2. The number of ether oxygens (including phenoxy) is 2. The second-order valence-electron chi connectivity index (χ2n) is 5.92. The molecule has 1 N–H and O–H groups in total. The minimum absolute atomic E-state index is 0.688. The van der Waals surface area contributed by atoms with Crippen molar-refractivity contribution >= 4 is 0 Å². The van der Waals surface area contributed by atoms with E-state index in [0.29, 0.717) is 13.2 Å². The van der Waals surface area contributed by atoms with Gasteiger partial charge in [-0.05, 0) is 31.2 Å². The molecule has 0 saturated carbocycles. The lowest BCUT2D eigenvalue weighted by molar-refractivity contribution is 0.0466. The standard InChI is InChI=1S/C18H31NO2/c1-16(2)5-4-11-20-13-14-21-12-10-19-15-18-8-6-17(3)7-9-18/h6-9,16,19H,4-5,10-15H2,1-3H3. The van der Waals surface area contributed by atoms with Gasteiger partial charge in [0.05, 0.1) is 19.8 Å². The highest BCUT2D eigenvalue weighted by Gasteiger charge is 1.95. The molecule has 0 aliphatic rings. The molecule has 0 unspecified atom stereocenters. The Morgan fingerprint density at radius 1 is 0.952 bits per heavy atom. The molecule has 0 amide bonds. The van der Waals surface area contributed by atoms with E-state index in [1.54, 1.807) is 0 Å². The summed E-state index contributed by atoms with van der Waals surface area (Å²) in [5.41, 5.74) is 2.62. The summed E-state index contributed by atoms with van der Waals surface area (Å²) in [6, 6.07) is 8.61. The highest BCUT2D eigenvalue weighted by molar-refractivity contribution is 5.20. The zero-order valence-electron chi connectivity index (χ0n) is 13.9. The third-order valence-corrected chi connectivity index (χ3v) is 3.32. The highest BCUT2D eigenvalue weighted by atomic mass is 16.5. The van der Waals surface area contributed by atoms with Crippen LogP contribution in [0.2, 0.25) is 0 Å². The molecule has 0 aliphatic carbocycles. The molecule has 1 rings (SSSR count). The Kier molecular flexibility index (Phi) is 10.1. The molecule has 0 spiro atoms. The van der Waals surface area contributed by atoms with Gasteiger partial charge in [0.15, 0.2) is 0 Å². The minimum atomic E-state index is 0.688. The lowest BCUT2D eigenvalue weighted by Gasteiger charge is -2.08. The molecule has 0 aliphatic heterocycles. The summed E-state index contributed by atoms with van der Waals surface area (Å²) in [5.74, 6) is 0.768. The van der Waals surface area contributed by atoms with Crippen LogP contribution in [0.4, 0.5) is 0 Å². The normalized spacial score (nSPS) is 11.2. The second kappa shape index (κ2) is 11.7. The summed E-state index contributed by atoms with van der Waals surface area (Å²) in [6.07, 6.45) is 2.39. The van der Waals surface area contributed by atoms with E-state index in [1.165, 1.54) is 17.5 Å². The predicted molar refractivity (Wildman–Crippen MR) is 88.6 cm³/mol. The van der Waals surface area contributed by atoms with Gasteiger partial charge in [-0.25, -0.2) is 0 Å². The molecular weight excluding hydrogens is 262 g/mol. The van der Waals surface area contributed by atoms with Crippen molar-refractivity contribution in [1.82, 2.24) is 5.32 Å². The maximum absolute atomic E-state index is 5.53. The van der Waals surface area contributed by atoms with Crippen molar-refractivity contribution in [3.8, 4) is 0 Å². The monoisotopic (exact) mass is 293 g/mol. The maximum atomic E-state index is 5.53. The molecule has 0 radical (unpaired) electrons. The Morgan fingerprint density at radius 3 is 2.29 bits per heavy atom. The van der Waals surface area contributed by atoms with Crippen molar-refractivity contribution in [3.05, 3.63) is 35.4 Å². The van der Waals surface area contributed by atoms with E-state index in [-0.39, 0.29) is 0 Å². The van der Waals surface area contributed by atoms with Crippen LogP contribution in [-0.4, -0.2) is 33.0 Å². The highest BCUT2D eigenvalue weighted by Crippen LogP contribution is 2.03. The van der Waals surface area contributed by atoms with Crippen molar-refractivity contribution in [1.29, 1.82) is 0 Å². The summed E-state index contributed by atoms with van der Waals surface area (Å²) in [6.45, 7) is 11.4. The molecule has 120 valence electrons. The SMILES string of the molecule is Cc1ccc(CNCCOCCOCCCC(C)C)cc1. The van der Waals surface area contributed by atoms with E-state index in [0.717, 1.165) is 38.6 Å². The Hall–Kier alpha value is -0.900. The van der Waals surface area contributed by atoms with Gasteiger partial charge in [-0.3, -0.25) is 0 Å². The fraction of sp³-hybridized carbons (Fsp3) is 0.667. The van der Waals surface area contributed by atoms with Crippen LogP contribution in [-0.2, 0) is 16.0 Å². The summed E-state index contributed by atoms with van der Waals surface area (Å²) in [7, 11) is 0. The van der Waals surface area contributed by atoms with Crippen LogP contribution in [0, 0.1) is 12.8 Å². The quantitative estimate of drug-likeness (QED) is 0.598.